The van der Waals surface area contributed by atoms with Gasteiger partial charge in [0.2, 0.25) is 5.91 Å². The fourth-order valence-corrected chi connectivity index (χ4v) is 2.74. The number of aromatic nitrogens is 2. The standard InChI is InChI=1S/C15H11Cl2F4N3O4/c1-23-8(15(19,20)21)4-10(26)24(14(23)27)12-7(18)3-6(17)13(28-2)11(12)22-9(25)5-16/h3-4H,5H2,1-2H3,(H,22,25). The van der Waals surface area contributed by atoms with Gasteiger partial charge < -0.3 is 10.1 Å². The number of halogens is 6. The summed E-state index contributed by atoms with van der Waals surface area (Å²) < 4.78 is 58.8. The van der Waals surface area contributed by atoms with Crippen molar-refractivity contribution in [3.63, 3.8) is 0 Å². The normalized spacial score (nSPS) is 11.4. The van der Waals surface area contributed by atoms with Crippen LogP contribution in [0.3, 0.4) is 0 Å². The molecule has 0 unspecified atom stereocenters. The van der Waals surface area contributed by atoms with E-state index >= 15 is 0 Å². The molecule has 28 heavy (non-hydrogen) atoms. The van der Waals surface area contributed by atoms with E-state index < -0.39 is 52.1 Å². The van der Waals surface area contributed by atoms with Crippen LogP contribution in [-0.2, 0) is 18.0 Å². The largest absolute Gasteiger partial charge is 0.493 e. The van der Waals surface area contributed by atoms with Crippen LogP contribution in [0.5, 0.6) is 5.75 Å². The zero-order valence-electron chi connectivity index (χ0n) is 14.2. The summed E-state index contributed by atoms with van der Waals surface area (Å²) in [5, 5.41) is 1.80. The molecule has 1 aromatic carbocycles. The average molecular weight is 444 g/mol. The quantitative estimate of drug-likeness (QED) is 0.581. The summed E-state index contributed by atoms with van der Waals surface area (Å²) >= 11 is 11.2. The third-order valence-electron chi connectivity index (χ3n) is 3.58. The maximum Gasteiger partial charge on any atom is 0.431 e. The van der Waals surface area contributed by atoms with Gasteiger partial charge in [-0.1, -0.05) is 11.6 Å². The van der Waals surface area contributed by atoms with Crippen LogP contribution >= 0.6 is 23.2 Å². The Kier molecular flexibility index (Phi) is 6.09. The molecule has 0 fully saturated rings. The minimum absolute atomic E-state index is 0.118. The summed E-state index contributed by atoms with van der Waals surface area (Å²) in [5.74, 6) is -3.06. The Morgan fingerprint density at radius 1 is 1.29 bits per heavy atom. The number of alkyl halides is 4. The van der Waals surface area contributed by atoms with E-state index in [-0.39, 0.29) is 26.0 Å². The smallest absolute Gasteiger partial charge is 0.431 e. The van der Waals surface area contributed by atoms with Crippen LogP contribution in [-0.4, -0.2) is 28.0 Å². The number of amides is 1. The Bertz CT molecular complexity index is 1060. The minimum Gasteiger partial charge on any atom is -0.493 e. The van der Waals surface area contributed by atoms with E-state index in [0.717, 1.165) is 14.2 Å². The number of ether oxygens (including phenoxy) is 1. The zero-order valence-corrected chi connectivity index (χ0v) is 15.7. The van der Waals surface area contributed by atoms with E-state index in [4.69, 9.17) is 27.9 Å². The Morgan fingerprint density at radius 3 is 2.39 bits per heavy atom. The van der Waals surface area contributed by atoms with Crippen molar-refractivity contribution in [3.8, 4) is 11.4 Å². The van der Waals surface area contributed by atoms with Crippen LogP contribution in [0.4, 0.5) is 23.2 Å². The van der Waals surface area contributed by atoms with Gasteiger partial charge >= 0.3 is 11.9 Å². The van der Waals surface area contributed by atoms with Gasteiger partial charge in [-0.3, -0.25) is 14.2 Å². The molecule has 0 spiro atoms. The molecule has 0 aliphatic heterocycles. The summed E-state index contributed by atoms with van der Waals surface area (Å²) in [4.78, 5) is 36.4. The molecule has 0 radical (unpaired) electrons. The number of rotatable bonds is 4. The summed E-state index contributed by atoms with van der Waals surface area (Å²) in [6.07, 6.45) is -5.00. The highest BCUT2D eigenvalue weighted by molar-refractivity contribution is 6.33. The lowest BCUT2D eigenvalue weighted by Crippen LogP contribution is -2.41. The Labute approximate surface area is 164 Å². The number of methoxy groups -OCH3 is 1. The van der Waals surface area contributed by atoms with Crippen molar-refractivity contribution in [1.29, 1.82) is 0 Å². The minimum atomic E-state index is -5.00. The van der Waals surface area contributed by atoms with Gasteiger partial charge in [0.1, 0.15) is 22.9 Å². The molecule has 0 aliphatic rings. The van der Waals surface area contributed by atoms with Crippen LogP contribution in [0.15, 0.2) is 21.7 Å². The van der Waals surface area contributed by atoms with Crippen molar-refractivity contribution in [1.82, 2.24) is 9.13 Å². The van der Waals surface area contributed by atoms with E-state index in [1.807, 2.05) is 0 Å². The Hall–Kier alpha value is -2.53. The lowest BCUT2D eigenvalue weighted by atomic mass is 10.2. The number of nitrogens with zero attached hydrogens (tertiary/aromatic N) is 2. The van der Waals surface area contributed by atoms with E-state index in [1.165, 1.54) is 0 Å². The first-order chi connectivity index (χ1) is 12.9. The van der Waals surface area contributed by atoms with Crippen LogP contribution < -0.4 is 21.3 Å². The van der Waals surface area contributed by atoms with Gasteiger partial charge in [0.05, 0.1) is 12.1 Å². The van der Waals surface area contributed by atoms with Crippen LogP contribution in [0.2, 0.25) is 5.02 Å². The monoisotopic (exact) mass is 443 g/mol. The fourth-order valence-electron chi connectivity index (χ4n) is 2.40. The van der Waals surface area contributed by atoms with Gasteiger partial charge in [-0.2, -0.15) is 13.2 Å². The van der Waals surface area contributed by atoms with Gasteiger partial charge in [0.15, 0.2) is 11.6 Å². The maximum atomic E-state index is 14.6. The summed E-state index contributed by atoms with van der Waals surface area (Å²) in [6, 6.07) is 0.796. The highest BCUT2D eigenvalue weighted by Gasteiger charge is 2.35. The van der Waals surface area contributed by atoms with Gasteiger partial charge in [-0.05, 0) is 6.07 Å². The molecule has 0 saturated heterocycles. The number of anilines is 1. The van der Waals surface area contributed by atoms with Crippen molar-refractivity contribution in [2.75, 3.05) is 18.3 Å². The van der Waals surface area contributed by atoms with Crippen molar-refractivity contribution in [2.24, 2.45) is 7.05 Å². The topological polar surface area (TPSA) is 82.3 Å². The SMILES string of the molecule is COc1c(Cl)cc(F)c(-n2c(=O)cc(C(F)(F)F)n(C)c2=O)c1NC(=O)CCl. The number of hydrogen-bond donors (Lipinski definition) is 1. The second kappa shape index (κ2) is 7.84. The van der Waals surface area contributed by atoms with Gasteiger partial charge in [-0.15, -0.1) is 11.6 Å². The highest BCUT2D eigenvalue weighted by Crippen LogP contribution is 2.39. The molecule has 2 rings (SSSR count). The fraction of sp³-hybridized carbons (Fsp3) is 0.267. The number of hydrogen-bond acceptors (Lipinski definition) is 4. The Morgan fingerprint density at radius 2 is 1.89 bits per heavy atom. The predicted molar refractivity (Wildman–Crippen MR) is 93.2 cm³/mol. The molecule has 0 bridgehead atoms. The van der Waals surface area contributed by atoms with Gasteiger partial charge in [0.25, 0.3) is 5.56 Å². The van der Waals surface area contributed by atoms with Crippen LogP contribution in [0.25, 0.3) is 5.69 Å². The van der Waals surface area contributed by atoms with Crippen molar-refractivity contribution in [3.05, 3.63) is 49.5 Å². The first-order valence-corrected chi connectivity index (χ1v) is 8.17. The second-order valence-corrected chi connectivity index (χ2v) is 6.00. The average Bonchev–Trinajstić information content (AvgIpc) is 2.59. The molecule has 1 heterocycles. The highest BCUT2D eigenvalue weighted by atomic mass is 35.5. The molecular weight excluding hydrogens is 433 g/mol. The molecule has 1 amide bonds. The molecule has 152 valence electrons. The zero-order chi connectivity index (χ0) is 21.4. The number of carbonyl (C=O) groups excluding carboxylic acids is 1. The third kappa shape index (κ3) is 3.85. The molecule has 13 heteroatoms. The lowest BCUT2D eigenvalue weighted by molar-refractivity contribution is -0.144. The van der Waals surface area contributed by atoms with E-state index in [9.17, 15) is 31.9 Å². The van der Waals surface area contributed by atoms with Crippen LogP contribution in [0.1, 0.15) is 5.69 Å². The Balaban J connectivity index is 2.97. The van der Waals surface area contributed by atoms with Crippen molar-refractivity contribution < 1.29 is 27.1 Å². The molecule has 0 saturated carbocycles. The number of carbonyl (C=O) groups is 1. The van der Waals surface area contributed by atoms with Crippen molar-refractivity contribution in [2.45, 2.75) is 6.18 Å². The molecule has 1 aromatic heterocycles. The molecule has 1 N–H and O–H groups in total. The third-order valence-corrected chi connectivity index (χ3v) is 4.11. The first kappa shape index (κ1) is 21.8. The first-order valence-electron chi connectivity index (χ1n) is 7.26. The van der Waals surface area contributed by atoms with E-state index in [1.54, 1.807) is 0 Å². The molecular formula is C15H11Cl2F4N3O4. The summed E-state index contributed by atoms with van der Waals surface area (Å²) in [6.45, 7) is 0. The molecule has 7 nitrogen and oxygen atoms in total. The number of benzene rings is 1. The second-order valence-electron chi connectivity index (χ2n) is 5.32. The van der Waals surface area contributed by atoms with Gasteiger partial charge in [-0.25, -0.2) is 13.8 Å². The summed E-state index contributed by atoms with van der Waals surface area (Å²) in [7, 11) is 1.86. The summed E-state index contributed by atoms with van der Waals surface area (Å²) in [5.41, 5.74) is -5.92. The van der Waals surface area contributed by atoms with E-state index in [0.29, 0.717) is 6.07 Å². The molecule has 0 aliphatic carbocycles. The maximum absolute atomic E-state index is 14.6. The van der Waals surface area contributed by atoms with Crippen LogP contribution in [0, 0.1) is 5.82 Å². The van der Waals surface area contributed by atoms with Crippen molar-refractivity contribution >= 4 is 34.8 Å². The lowest BCUT2D eigenvalue weighted by Gasteiger charge is -2.19. The van der Waals surface area contributed by atoms with Gasteiger partial charge in [0, 0.05) is 13.1 Å². The molecule has 2 aromatic rings. The predicted octanol–water partition coefficient (Wildman–Crippen LogP) is 2.53. The number of nitrogens with one attached hydrogen (secondary N) is 1. The van der Waals surface area contributed by atoms with E-state index in [2.05, 4.69) is 5.32 Å². The molecule has 0 atom stereocenters.